The maximum Gasteiger partial charge on any atom is 0.331 e. The lowest BCUT2D eigenvalue weighted by Crippen LogP contribution is -2.47. The Balaban J connectivity index is 2.66. The minimum Gasteiger partial charge on any atom is -0.467 e. The Bertz CT molecular complexity index is 658. The van der Waals surface area contributed by atoms with Crippen LogP contribution in [0.2, 0.25) is 20.1 Å². The molecule has 0 aromatic heterocycles. The molecule has 0 saturated carbocycles. The summed E-state index contributed by atoms with van der Waals surface area (Å²) in [5, 5.41) is 8.40. The zero-order chi connectivity index (χ0) is 16.8. The minimum atomic E-state index is -1.53. The number of benzene rings is 1. The fraction of sp³-hybridized carbons (Fsp3) is 0.250. The Labute approximate surface area is 144 Å². The number of nitrogens with zero attached hydrogens (tertiary/aromatic N) is 1. The van der Waals surface area contributed by atoms with E-state index in [9.17, 15) is 19.5 Å². The third-order valence-corrected chi connectivity index (χ3v) is 4.89. The van der Waals surface area contributed by atoms with Gasteiger partial charge in [0.25, 0.3) is 11.8 Å². The smallest absolute Gasteiger partial charge is 0.331 e. The predicted octanol–water partition coefficient (Wildman–Crippen LogP) is 2.43. The summed E-state index contributed by atoms with van der Waals surface area (Å²) in [6, 6.07) is -1.53. The molecule has 118 valence electrons. The Hall–Kier alpha value is -1.05. The van der Waals surface area contributed by atoms with Crippen molar-refractivity contribution in [2.75, 3.05) is 13.7 Å². The van der Waals surface area contributed by atoms with Crippen molar-refractivity contribution in [3.63, 3.8) is 0 Å². The fourth-order valence-electron chi connectivity index (χ4n) is 2.05. The van der Waals surface area contributed by atoms with Gasteiger partial charge in [-0.25, -0.2) is 4.79 Å². The van der Waals surface area contributed by atoms with Crippen molar-refractivity contribution in [1.82, 2.24) is 4.90 Å². The van der Waals surface area contributed by atoms with Gasteiger partial charge in [-0.1, -0.05) is 46.4 Å². The van der Waals surface area contributed by atoms with Crippen LogP contribution in [0.15, 0.2) is 0 Å². The third kappa shape index (κ3) is 2.35. The summed E-state index contributed by atoms with van der Waals surface area (Å²) in [7, 11) is 1.05. The molecule has 2 amide bonds. The van der Waals surface area contributed by atoms with Crippen molar-refractivity contribution in [1.29, 1.82) is 0 Å². The van der Waals surface area contributed by atoms with Gasteiger partial charge in [-0.15, -0.1) is 0 Å². The summed E-state index contributed by atoms with van der Waals surface area (Å²) in [6.45, 7) is -0.825. The highest BCUT2D eigenvalue weighted by Crippen LogP contribution is 2.45. The molecule has 0 bridgehead atoms. The summed E-state index contributed by atoms with van der Waals surface area (Å²) < 4.78 is 4.46. The Morgan fingerprint density at radius 3 is 1.77 bits per heavy atom. The second-order valence-electron chi connectivity index (χ2n) is 4.21. The molecule has 0 saturated heterocycles. The normalized spacial score (nSPS) is 15.1. The molecule has 1 unspecified atom stereocenters. The van der Waals surface area contributed by atoms with Crippen LogP contribution in [0.4, 0.5) is 0 Å². The number of ether oxygens (including phenoxy) is 1. The van der Waals surface area contributed by atoms with Crippen molar-refractivity contribution in [3.8, 4) is 0 Å². The molecular formula is C12H7Cl4NO5. The van der Waals surface area contributed by atoms with E-state index in [2.05, 4.69) is 4.74 Å². The van der Waals surface area contributed by atoms with Crippen molar-refractivity contribution in [2.45, 2.75) is 6.04 Å². The first-order valence-electron chi connectivity index (χ1n) is 5.70. The number of esters is 1. The van der Waals surface area contributed by atoms with Crippen molar-refractivity contribution >= 4 is 64.2 Å². The van der Waals surface area contributed by atoms with Gasteiger partial charge in [-0.05, 0) is 0 Å². The van der Waals surface area contributed by atoms with E-state index in [1.165, 1.54) is 0 Å². The molecule has 1 N–H and O–H groups in total. The topological polar surface area (TPSA) is 83.9 Å². The molecule has 1 aliphatic rings. The molecule has 1 aromatic carbocycles. The van der Waals surface area contributed by atoms with Crippen LogP contribution in [-0.2, 0) is 9.53 Å². The zero-order valence-corrected chi connectivity index (χ0v) is 13.8. The lowest BCUT2D eigenvalue weighted by molar-refractivity contribution is -0.146. The monoisotopic (exact) mass is 385 g/mol. The molecule has 22 heavy (non-hydrogen) atoms. The molecule has 2 rings (SSSR count). The van der Waals surface area contributed by atoms with Crippen LogP contribution in [0, 0.1) is 0 Å². The number of halogens is 4. The number of fused-ring (bicyclic) bond motifs is 1. The number of amides is 2. The van der Waals surface area contributed by atoms with Crippen molar-refractivity contribution in [2.24, 2.45) is 0 Å². The maximum absolute atomic E-state index is 12.4. The number of imide groups is 1. The number of hydrogen-bond donors (Lipinski definition) is 1. The third-order valence-electron chi connectivity index (χ3n) is 3.09. The van der Waals surface area contributed by atoms with Gasteiger partial charge in [0.1, 0.15) is 0 Å². The predicted molar refractivity (Wildman–Crippen MR) is 79.9 cm³/mol. The average Bonchev–Trinajstić information content (AvgIpc) is 2.76. The van der Waals surface area contributed by atoms with Gasteiger partial charge >= 0.3 is 5.97 Å². The number of aliphatic hydroxyl groups excluding tert-OH is 1. The van der Waals surface area contributed by atoms with Crippen LogP contribution in [0.3, 0.4) is 0 Å². The highest BCUT2D eigenvalue weighted by atomic mass is 35.5. The van der Waals surface area contributed by atoms with Gasteiger partial charge in [0.2, 0.25) is 0 Å². The molecule has 1 aromatic rings. The van der Waals surface area contributed by atoms with E-state index in [-0.39, 0.29) is 31.2 Å². The Morgan fingerprint density at radius 1 is 1.05 bits per heavy atom. The van der Waals surface area contributed by atoms with Crippen LogP contribution in [0.25, 0.3) is 0 Å². The molecule has 0 radical (unpaired) electrons. The summed E-state index contributed by atoms with van der Waals surface area (Å²) in [4.78, 5) is 37.0. The number of hydrogen-bond acceptors (Lipinski definition) is 5. The summed E-state index contributed by atoms with van der Waals surface area (Å²) in [5.41, 5.74) is -0.540. The number of aliphatic hydroxyl groups is 1. The lowest BCUT2D eigenvalue weighted by Gasteiger charge is -2.21. The van der Waals surface area contributed by atoms with Gasteiger partial charge in [-0.2, -0.15) is 0 Å². The summed E-state index contributed by atoms with van der Waals surface area (Å²) in [6.07, 6.45) is 0. The van der Waals surface area contributed by atoms with Crippen LogP contribution < -0.4 is 0 Å². The number of methoxy groups -OCH3 is 1. The first-order valence-corrected chi connectivity index (χ1v) is 7.21. The van der Waals surface area contributed by atoms with E-state index in [0.29, 0.717) is 4.90 Å². The maximum atomic E-state index is 12.4. The minimum absolute atomic E-state index is 0.186. The number of rotatable bonds is 3. The highest BCUT2D eigenvalue weighted by Gasteiger charge is 2.46. The van der Waals surface area contributed by atoms with Crippen LogP contribution in [0.1, 0.15) is 20.7 Å². The standard InChI is InChI=1S/C12H7Cl4NO5/c1-22-12(21)3(2-18)17-10(19)4-5(11(17)20)7(14)9(16)8(15)6(4)13/h3,18H,2H2,1H3. The molecule has 0 spiro atoms. The van der Waals surface area contributed by atoms with Crippen LogP contribution in [0.5, 0.6) is 0 Å². The lowest BCUT2D eigenvalue weighted by atomic mass is 10.1. The largest absolute Gasteiger partial charge is 0.467 e. The first-order chi connectivity index (χ1) is 10.3. The molecular weight excluding hydrogens is 380 g/mol. The Kier molecular flexibility index (Phi) is 4.89. The number of carbonyl (C=O) groups is 3. The van der Waals surface area contributed by atoms with Crippen LogP contribution >= 0.6 is 46.4 Å². The number of carbonyl (C=O) groups excluding carboxylic acids is 3. The first kappa shape index (κ1) is 17.3. The second kappa shape index (κ2) is 6.22. The van der Waals surface area contributed by atoms with E-state index >= 15 is 0 Å². The molecule has 0 aliphatic carbocycles. The molecule has 1 aliphatic heterocycles. The van der Waals surface area contributed by atoms with Crippen LogP contribution in [-0.4, -0.2) is 47.5 Å². The highest BCUT2D eigenvalue weighted by molar-refractivity contribution is 6.55. The van der Waals surface area contributed by atoms with Gasteiger partial charge in [-0.3, -0.25) is 14.5 Å². The molecule has 0 fully saturated rings. The van der Waals surface area contributed by atoms with E-state index < -0.39 is 30.4 Å². The molecule has 10 heteroatoms. The average molecular weight is 387 g/mol. The summed E-state index contributed by atoms with van der Waals surface area (Å²) in [5.74, 6) is -2.81. The zero-order valence-electron chi connectivity index (χ0n) is 10.8. The second-order valence-corrected chi connectivity index (χ2v) is 5.72. The van der Waals surface area contributed by atoms with Crippen molar-refractivity contribution < 1.29 is 24.2 Å². The molecule has 1 heterocycles. The van der Waals surface area contributed by atoms with Crippen molar-refractivity contribution in [3.05, 3.63) is 31.2 Å². The quantitative estimate of drug-likeness (QED) is 0.373. The van der Waals surface area contributed by atoms with E-state index in [1.807, 2.05) is 0 Å². The Morgan fingerprint density at radius 2 is 1.45 bits per heavy atom. The fourth-order valence-corrected chi connectivity index (χ4v) is 3.06. The van der Waals surface area contributed by atoms with Gasteiger partial charge < -0.3 is 9.84 Å². The van der Waals surface area contributed by atoms with E-state index in [1.54, 1.807) is 0 Å². The molecule has 6 nitrogen and oxygen atoms in total. The SMILES string of the molecule is COC(=O)C(CO)N1C(=O)c2c(Cl)c(Cl)c(Cl)c(Cl)c2C1=O. The van der Waals surface area contributed by atoms with Gasteiger partial charge in [0.15, 0.2) is 6.04 Å². The van der Waals surface area contributed by atoms with Gasteiger partial charge in [0.05, 0.1) is 44.9 Å². The van der Waals surface area contributed by atoms with E-state index in [0.717, 1.165) is 7.11 Å². The van der Waals surface area contributed by atoms with Gasteiger partial charge in [0, 0.05) is 0 Å². The molecule has 1 atom stereocenters. The van der Waals surface area contributed by atoms with E-state index in [4.69, 9.17) is 46.4 Å². The summed E-state index contributed by atoms with van der Waals surface area (Å²) >= 11 is 23.6.